The first kappa shape index (κ1) is 14.7. The van der Waals surface area contributed by atoms with E-state index in [4.69, 9.17) is 10.5 Å². The lowest BCUT2D eigenvalue weighted by Crippen LogP contribution is -2.11. The maximum atomic E-state index is 11.7. The molecule has 0 saturated carbocycles. The maximum Gasteiger partial charge on any atom is 0.360 e. The largest absolute Gasteiger partial charge is 0.461 e. The van der Waals surface area contributed by atoms with Crippen LogP contribution in [0.25, 0.3) is 0 Å². The van der Waals surface area contributed by atoms with Gasteiger partial charge in [-0.05, 0) is 31.5 Å². The maximum absolute atomic E-state index is 11.7. The van der Waals surface area contributed by atoms with Crippen LogP contribution >= 0.6 is 0 Å². The van der Waals surface area contributed by atoms with E-state index in [1.54, 1.807) is 42.8 Å². The highest BCUT2D eigenvalue weighted by atomic mass is 16.5. The summed E-state index contributed by atoms with van der Waals surface area (Å²) in [7, 11) is 0. The van der Waals surface area contributed by atoms with Gasteiger partial charge in [-0.2, -0.15) is 0 Å². The summed E-state index contributed by atoms with van der Waals surface area (Å²) in [5.74, 6) is -0.951. The Hall–Kier alpha value is -2.70. The number of aromatic nitrogens is 3. The minimum atomic E-state index is -0.481. The third kappa shape index (κ3) is 3.25. The molecule has 0 aliphatic carbocycles. The van der Waals surface area contributed by atoms with Gasteiger partial charge in [-0.1, -0.05) is 17.3 Å². The molecule has 0 aliphatic rings. The van der Waals surface area contributed by atoms with E-state index >= 15 is 0 Å². The molecule has 1 amide bonds. The van der Waals surface area contributed by atoms with Crippen LogP contribution in [0.2, 0.25) is 0 Å². The molecule has 0 fully saturated rings. The van der Waals surface area contributed by atoms with Crippen molar-refractivity contribution in [1.29, 1.82) is 0 Å². The molecule has 0 saturated heterocycles. The second-order valence-corrected chi connectivity index (χ2v) is 4.46. The van der Waals surface area contributed by atoms with E-state index in [0.717, 1.165) is 5.56 Å². The van der Waals surface area contributed by atoms with Crippen LogP contribution in [0.1, 0.15) is 39.0 Å². The predicted octanol–water partition coefficient (Wildman–Crippen LogP) is 0.910. The minimum Gasteiger partial charge on any atom is -0.461 e. The molecule has 2 aromatic rings. The SMILES string of the molecule is CCOC(=O)c1nnn(Cc2ccc(C(N)=O)cc2)c1C. The fourth-order valence-electron chi connectivity index (χ4n) is 1.85. The second-order valence-electron chi connectivity index (χ2n) is 4.46. The Morgan fingerprint density at radius 2 is 1.95 bits per heavy atom. The summed E-state index contributed by atoms with van der Waals surface area (Å²) >= 11 is 0. The number of nitrogens with zero attached hydrogens (tertiary/aromatic N) is 3. The number of benzene rings is 1. The molecular formula is C14H16N4O3. The molecule has 0 radical (unpaired) electrons. The molecule has 110 valence electrons. The fraction of sp³-hybridized carbons (Fsp3) is 0.286. The normalized spacial score (nSPS) is 10.4. The van der Waals surface area contributed by atoms with Crippen molar-refractivity contribution in [3.8, 4) is 0 Å². The molecule has 1 aromatic carbocycles. The number of rotatable bonds is 5. The molecule has 2 N–H and O–H groups in total. The van der Waals surface area contributed by atoms with Gasteiger partial charge in [0.25, 0.3) is 0 Å². The molecule has 2 rings (SSSR count). The quantitative estimate of drug-likeness (QED) is 0.824. The summed E-state index contributed by atoms with van der Waals surface area (Å²) in [4.78, 5) is 22.7. The van der Waals surface area contributed by atoms with Gasteiger partial charge in [-0.15, -0.1) is 5.10 Å². The lowest BCUT2D eigenvalue weighted by atomic mass is 10.1. The second kappa shape index (κ2) is 6.17. The average molecular weight is 288 g/mol. The summed E-state index contributed by atoms with van der Waals surface area (Å²) in [5, 5.41) is 7.79. The first-order chi connectivity index (χ1) is 10.0. The third-order valence-corrected chi connectivity index (χ3v) is 3.02. The summed E-state index contributed by atoms with van der Waals surface area (Å²) in [5.41, 5.74) is 7.40. The van der Waals surface area contributed by atoms with Gasteiger partial charge in [0.2, 0.25) is 5.91 Å². The summed E-state index contributed by atoms with van der Waals surface area (Å²) in [6, 6.07) is 6.86. The van der Waals surface area contributed by atoms with E-state index in [1.165, 1.54) is 0 Å². The molecule has 0 bridgehead atoms. The van der Waals surface area contributed by atoms with Crippen molar-refractivity contribution in [3.63, 3.8) is 0 Å². The zero-order valence-electron chi connectivity index (χ0n) is 11.9. The van der Waals surface area contributed by atoms with Gasteiger partial charge in [0.05, 0.1) is 18.8 Å². The van der Waals surface area contributed by atoms with Crippen molar-refractivity contribution < 1.29 is 14.3 Å². The van der Waals surface area contributed by atoms with E-state index in [0.29, 0.717) is 24.4 Å². The van der Waals surface area contributed by atoms with Crippen LogP contribution in [-0.2, 0) is 11.3 Å². The number of carbonyl (C=O) groups is 2. The van der Waals surface area contributed by atoms with E-state index in [-0.39, 0.29) is 5.69 Å². The molecule has 7 nitrogen and oxygen atoms in total. The van der Waals surface area contributed by atoms with Crippen molar-refractivity contribution >= 4 is 11.9 Å². The molecule has 21 heavy (non-hydrogen) atoms. The Morgan fingerprint density at radius 1 is 1.29 bits per heavy atom. The van der Waals surface area contributed by atoms with Gasteiger partial charge in [-0.3, -0.25) is 4.79 Å². The number of hydrogen-bond donors (Lipinski definition) is 1. The van der Waals surface area contributed by atoms with Crippen LogP contribution < -0.4 is 5.73 Å². The number of esters is 1. The highest BCUT2D eigenvalue weighted by molar-refractivity contribution is 5.92. The van der Waals surface area contributed by atoms with Crippen LogP contribution in [0.5, 0.6) is 0 Å². The highest BCUT2D eigenvalue weighted by Gasteiger charge is 2.17. The third-order valence-electron chi connectivity index (χ3n) is 3.02. The number of ether oxygens (including phenoxy) is 1. The van der Waals surface area contributed by atoms with Gasteiger partial charge >= 0.3 is 5.97 Å². The van der Waals surface area contributed by atoms with Crippen molar-refractivity contribution in [1.82, 2.24) is 15.0 Å². The van der Waals surface area contributed by atoms with Crippen LogP contribution in [0.15, 0.2) is 24.3 Å². The van der Waals surface area contributed by atoms with E-state index < -0.39 is 11.9 Å². The number of amides is 1. The first-order valence-corrected chi connectivity index (χ1v) is 6.49. The molecule has 1 aromatic heterocycles. The van der Waals surface area contributed by atoms with Crippen LogP contribution in [0.3, 0.4) is 0 Å². The molecule has 1 heterocycles. The Kier molecular flexibility index (Phi) is 4.32. The number of carbonyl (C=O) groups excluding carboxylic acids is 2. The van der Waals surface area contributed by atoms with Crippen molar-refractivity contribution in [3.05, 3.63) is 46.8 Å². The number of nitrogens with two attached hydrogens (primary N) is 1. The van der Waals surface area contributed by atoms with Crippen molar-refractivity contribution in [2.24, 2.45) is 5.73 Å². The highest BCUT2D eigenvalue weighted by Crippen LogP contribution is 2.10. The van der Waals surface area contributed by atoms with Gasteiger partial charge < -0.3 is 10.5 Å². The standard InChI is InChI=1S/C14H16N4O3/c1-3-21-14(20)12-9(2)18(17-16-12)8-10-4-6-11(7-5-10)13(15)19/h4-7H,3,8H2,1-2H3,(H2,15,19). The topological polar surface area (TPSA) is 100 Å². The van der Waals surface area contributed by atoms with Gasteiger partial charge in [0.1, 0.15) is 0 Å². The summed E-state index contributed by atoms with van der Waals surface area (Å²) in [6.45, 7) is 4.22. The Bertz CT molecular complexity index is 661. The molecule has 0 unspecified atom stereocenters. The smallest absolute Gasteiger partial charge is 0.360 e. The van der Waals surface area contributed by atoms with Crippen molar-refractivity contribution in [2.75, 3.05) is 6.61 Å². The van der Waals surface area contributed by atoms with E-state index in [9.17, 15) is 9.59 Å². The van der Waals surface area contributed by atoms with Crippen LogP contribution in [0, 0.1) is 6.92 Å². The molecular weight excluding hydrogens is 272 g/mol. The van der Waals surface area contributed by atoms with Gasteiger partial charge in [0, 0.05) is 5.56 Å². The molecule has 0 atom stereocenters. The summed E-state index contributed by atoms with van der Waals surface area (Å²) in [6.07, 6.45) is 0. The monoisotopic (exact) mass is 288 g/mol. The fourth-order valence-corrected chi connectivity index (χ4v) is 1.85. The average Bonchev–Trinajstić information content (AvgIpc) is 2.81. The lowest BCUT2D eigenvalue weighted by molar-refractivity contribution is 0.0518. The zero-order valence-corrected chi connectivity index (χ0v) is 11.9. The number of primary amides is 1. The Labute approximate surface area is 121 Å². The molecule has 0 spiro atoms. The van der Waals surface area contributed by atoms with Crippen molar-refractivity contribution in [2.45, 2.75) is 20.4 Å². The van der Waals surface area contributed by atoms with Crippen LogP contribution in [0.4, 0.5) is 0 Å². The predicted molar refractivity (Wildman–Crippen MR) is 74.8 cm³/mol. The van der Waals surface area contributed by atoms with Gasteiger partial charge in [-0.25, -0.2) is 9.48 Å². The first-order valence-electron chi connectivity index (χ1n) is 6.49. The Morgan fingerprint density at radius 3 is 2.52 bits per heavy atom. The van der Waals surface area contributed by atoms with Gasteiger partial charge in [0.15, 0.2) is 5.69 Å². The van der Waals surface area contributed by atoms with E-state index in [1.807, 2.05) is 0 Å². The van der Waals surface area contributed by atoms with Crippen LogP contribution in [-0.4, -0.2) is 33.5 Å². The lowest BCUT2D eigenvalue weighted by Gasteiger charge is -2.05. The minimum absolute atomic E-state index is 0.214. The summed E-state index contributed by atoms with van der Waals surface area (Å²) < 4.78 is 6.51. The zero-order chi connectivity index (χ0) is 15.4. The Balaban J connectivity index is 2.16. The van der Waals surface area contributed by atoms with E-state index in [2.05, 4.69) is 10.3 Å². The molecule has 7 heteroatoms. The number of hydrogen-bond acceptors (Lipinski definition) is 5. The molecule has 0 aliphatic heterocycles.